The molecule has 9 heteroatoms. The van der Waals surface area contributed by atoms with Gasteiger partial charge in [0.25, 0.3) is 0 Å². The van der Waals surface area contributed by atoms with Gasteiger partial charge in [-0.15, -0.1) is 0 Å². The van der Waals surface area contributed by atoms with Gasteiger partial charge in [0.1, 0.15) is 0 Å². The number of benzene rings is 1. The van der Waals surface area contributed by atoms with Gasteiger partial charge in [0.05, 0.1) is 30.5 Å². The predicted octanol–water partition coefficient (Wildman–Crippen LogP) is 3.22. The molecule has 8 nitrogen and oxygen atoms in total. The SMILES string of the molecule is CCOC(=O)C1=C(C)N=C2SCCC(=O)N2[C@H]1c1ccc(OC(C)=O)c(OCC)c1. The van der Waals surface area contributed by atoms with E-state index in [4.69, 9.17) is 14.2 Å². The number of nitrogens with zero attached hydrogens (tertiary/aromatic N) is 2. The average Bonchev–Trinajstić information content (AvgIpc) is 2.68. The number of esters is 2. The van der Waals surface area contributed by atoms with Crippen molar-refractivity contribution < 1.29 is 28.6 Å². The van der Waals surface area contributed by atoms with Crippen LogP contribution < -0.4 is 9.47 Å². The first-order chi connectivity index (χ1) is 14.4. The summed E-state index contributed by atoms with van der Waals surface area (Å²) in [5.74, 6) is 0.157. The van der Waals surface area contributed by atoms with Gasteiger partial charge in [-0.2, -0.15) is 0 Å². The number of carbonyl (C=O) groups excluding carboxylic acids is 3. The molecule has 2 aliphatic heterocycles. The molecule has 1 atom stereocenters. The molecule has 2 aliphatic rings. The minimum absolute atomic E-state index is 0.117. The van der Waals surface area contributed by atoms with Crippen LogP contribution in [0.2, 0.25) is 0 Å². The normalized spacial score (nSPS) is 18.5. The summed E-state index contributed by atoms with van der Waals surface area (Å²) in [7, 11) is 0. The Morgan fingerprint density at radius 2 is 2.00 bits per heavy atom. The third kappa shape index (κ3) is 4.35. The highest BCUT2D eigenvalue weighted by molar-refractivity contribution is 8.14. The first kappa shape index (κ1) is 21.9. The number of aliphatic imine (C=N–C) groups is 1. The van der Waals surface area contributed by atoms with Crippen molar-refractivity contribution in [2.45, 2.75) is 40.2 Å². The fourth-order valence-corrected chi connectivity index (χ4v) is 4.39. The van der Waals surface area contributed by atoms with Crippen molar-refractivity contribution in [1.82, 2.24) is 4.90 Å². The number of allylic oxidation sites excluding steroid dienone is 1. The summed E-state index contributed by atoms with van der Waals surface area (Å²) in [6.45, 7) is 7.14. The van der Waals surface area contributed by atoms with E-state index in [1.54, 1.807) is 36.9 Å². The highest BCUT2D eigenvalue weighted by Gasteiger charge is 2.42. The Bertz CT molecular complexity index is 939. The van der Waals surface area contributed by atoms with E-state index in [1.807, 2.05) is 6.92 Å². The maximum absolute atomic E-state index is 12.8. The Morgan fingerprint density at radius 1 is 1.23 bits per heavy atom. The number of hydrogen-bond acceptors (Lipinski definition) is 8. The van der Waals surface area contributed by atoms with Crippen LogP contribution in [0.1, 0.15) is 45.7 Å². The van der Waals surface area contributed by atoms with E-state index in [0.717, 1.165) is 0 Å². The predicted molar refractivity (Wildman–Crippen MR) is 112 cm³/mol. The number of hydrogen-bond donors (Lipinski definition) is 0. The second kappa shape index (κ2) is 9.34. The molecule has 0 radical (unpaired) electrons. The molecule has 30 heavy (non-hydrogen) atoms. The van der Waals surface area contributed by atoms with Crippen LogP contribution in [0, 0.1) is 0 Å². The zero-order valence-electron chi connectivity index (χ0n) is 17.4. The second-order valence-electron chi connectivity index (χ2n) is 6.61. The van der Waals surface area contributed by atoms with Crippen molar-refractivity contribution in [3.63, 3.8) is 0 Å². The standard InChI is InChI=1S/C21H24N2O6S/c1-5-27-16-11-14(7-8-15(16)29-13(4)24)19-18(20(26)28-6-2)12(3)22-21-23(19)17(25)9-10-30-21/h7-8,11,19H,5-6,9-10H2,1-4H3/t19-/m0/s1. The highest BCUT2D eigenvalue weighted by atomic mass is 32.2. The number of carbonyl (C=O) groups is 3. The quantitative estimate of drug-likeness (QED) is 0.503. The summed E-state index contributed by atoms with van der Waals surface area (Å²) in [6, 6.07) is 4.30. The molecule has 1 saturated heterocycles. The van der Waals surface area contributed by atoms with Crippen molar-refractivity contribution in [2.24, 2.45) is 4.99 Å². The van der Waals surface area contributed by atoms with Crippen molar-refractivity contribution >= 4 is 34.8 Å². The Hall–Kier alpha value is -2.81. The molecule has 0 bridgehead atoms. The maximum Gasteiger partial charge on any atom is 0.338 e. The van der Waals surface area contributed by atoms with Crippen LogP contribution in [0.3, 0.4) is 0 Å². The molecule has 1 aromatic rings. The first-order valence-electron chi connectivity index (χ1n) is 9.73. The van der Waals surface area contributed by atoms with Gasteiger partial charge >= 0.3 is 11.9 Å². The molecule has 0 saturated carbocycles. The van der Waals surface area contributed by atoms with Crippen molar-refractivity contribution in [1.29, 1.82) is 0 Å². The molecule has 1 aromatic carbocycles. The monoisotopic (exact) mass is 432 g/mol. The number of thioether (sulfide) groups is 1. The summed E-state index contributed by atoms with van der Waals surface area (Å²) < 4.78 is 16.1. The van der Waals surface area contributed by atoms with Crippen molar-refractivity contribution in [3.05, 3.63) is 35.0 Å². The second-order valence-corrected chi connectivity index (χ2v) is 7.67. The van der Waals surface area contributed by atoms with E-state index in [1.165, 1.54) is 18.7 Å². The molecule has 0 aromatic heterocycles. The topological polar surface area (TPSA) is 94.5 Å². The van der Waals surface area contributed by atoms with Crippen LogP contribution in [0.25, 0.3) is 0 Å². The van der Waals surface area contributed by atoms with Crippen molar-refractivity contribution in [3.8, 4) is 11.5 Å². The summed E-state index contributed by atoms with van der Waals surface area (Å²) in [5, 5.41) is 0.559. The Labute approximate surface area is 179 Å². The van der Waals surface area contributed by atoms with Crippen LogP contribution in [-0.2, 0) is 19.1 Å². The van der Waals surface area contributed by atoms with E-state index >= 15 is 0 Å². The molecule has 0 aliphatic carbocycles. The van der Waals surface area contributed by atoms with Gasteiger partial charge in [0.15, 0.2) is 16.7 Å². The average molecular weight is 432 g/mol. The van der Waals surface area contributed by atoms with Gasteiger partial charge in [0.2, 0.25) is 5.91 Å². The molecule has 160 valence electrons. The van der Waals surface area contributed by atoms with E-state index in [0.29, 0.717) is 46.5 Å². The number of rotatable bonds is 6. The lowest BCUT2D eigenvalue weighted by Gasteiger charge is -2.39. The highest BCUT2D eigenvalue weighted by Crippen LogP contribution is 2.42. The van der Waals surface area contributed by atoms with E-state index < -0.39 is 18.0 Å². The smallest absolute Gasteiger partial charge is 0.338 e. The largest absolute Gasteiger partial charge is 0.490 e. The van der Waals surface area contributed by atoms with Gasteiger partial charge in [-0.05, 0) is 38.5 Å². The van der Waals surface area contributed by atoms with Gasteiger partial charge in [0, 0.05) is 19.1 Å². The van der Waals surface area contributed by atoms with Crippen LogP contribution in [0.4, 0.5) is 0 Å². The lowest BCUT2D eigenvalue weighted by Crippen LogP contribution is -2.45. The molecular formula is C21H24N2O6S. The van der Waals surface area contributed by atoms with E-state index in [2.05, 4.69) is 4.99 Å². The van der Waals surface area contributed by atoms with Crippen LogP contribution in [-0.4, -0.2) is 46.9 Å². The maximum atomic E-state index is 12.8. The molecule has 2 heterocycles. The summed E-state index contributed by atoms with van der Waals surface area (Å²) in [6.07, 6.45) is 0.346. The Balaban J connectivity index is 2.14. The van der Waals surface area contributed by atoms with Gasteiger partial charge in [-0.1, -0.05) is 17.8 Å². The minimum Gasteiger partial charge on any atom is -0.490 e. The lowest BCUT2D eigenvalue weighted by molar-refractivity contribution is -0.139. The molecule has 0 spiro atoms. The third-order valence-electron chi connectivity index (χ3n) is 4.54. The molecular weight excluding hydrogens is 408 g/mol. The summed E-state index contributed by atoms with van der Waals surface area (Å²) >= 11 is 1.47. The van der Waals surface area contributed by atoms with Gasteiger partial charge in [-0.3, -0.25) is 14.5 Å². The van der Waals surface area contributed by atoms with Crippen LogP contribution in [0.15, 0.2) is 34.5 Å². The Morgan fingerprint density at radius 3 is 2.67 bits per heavy atom. The molecule has 0 N–H and O–H groups in total. The molecule has 3 rings (SSSR count). The minimum atomic E-state index is -0.706. The number of fused-ring (bicyclic) bond motifs is 1. The lowest BCUT2D eigenvalue weighted by atomic mass is 9.94. The molecule has 1 amide bonds. The van der Waals surface area contributed by atoms with Crippen LogP contribution >= 0.6 is 11.8 Å². The third-order valence-corrected chi connectivity index (χ3v) is 5.49. The fraction of sp³-hybridized carbons (Fsp3) is 0.429. The number of ether oxygens (including phenoxy) is 3. The van der Waals surface area contributed by atoms with Gasteiger partial charge in [-0.25, -0.2) is 9.79 Å². The number of amidine groups is 1. The number of amides is 1. The van der Waals surface area contributed by atoms with Crippen molar-refractivity contribution in [2.75, 3.05) is 19.0 Å². The van der Waals surface area contributed by atoms with E-state index in [9.17, 15) is 14.4 Å². The zero-order chi connectivity index (χ0) is 21.8. The first-order valence-corrected chi connectivity index (χ1v) is 10.7. The zero-order valence-corrected chi connectivity index (χ0v) is 18.2. The molecule has 1 fully saturated rings. The van der Waals surface area contributed by atoms with Gasteiger partial charge < -0.3 is 14.2 Å². The molecule has 0 unspecified atom stereocenters. The Kier molecular flexibility index (Phi) is 6.81. The summed E-state index contributed by atoms with van der Waals surface area (Å²) in [4.78, 5) is 43.1. The fourth-order valence-electron chi connectivity index (χ4n) is 3.38. The summed E-state index contributed by atoms with van der Waals surface area (Å²) in [5.41, 5.74) is 1.45. The van der Waals surface area contributed by atoms with Crippen LogP contribution in [0.5, 0.6) is 11.5 Å². The van der Waals surface area contributed by atoms with E-state index in [-0.39, 0.29) is 18.3 Å².